The predicted molar refractivity (Wildman–Crippen MR) is 101 cm³/mol. The molecule has 1 saturated heterocycles. The fourth-order valence-electron chi connectivity index (χ4n) is 3.12. The predicted octanol–water partition coefficient (Wildman–Crippen LogP) is 1.82. The number of carbonyl (C=O) groups is 1. The molecule has 0 spiro atoms. The number of methoxy groups -OCH3 is 2. The van der Waals surface area contributed by atoms with Crippen LogP contribution in [0.2, 0.25) is 0 Å². The summed E-state index contributed by atoms with van der Waals surface area (Å²) in [6.07, 6.45) is 0.676. The summed E-state index contributed by atoms with van der Waals surface area (Å²) in [7, 11) is 3.21. The molecule has 3 rings (SSSR count). The van der Waals surface area contributed by atoms with Gasteiger partial charge in [0.15, 0.2) is 0 Å². The van der Waals surface area contributed by atoms with Gasteiger partial charge in [-0.15, -0.1) is 0 Å². The van der Waals surface area contributed by atoms with Crippen molar-refractivity contribution in [1.82, 2.24) is 14.3 Å². The van der Waals surface area contributed by atoms with E-state index in [4.69, 9.17) is 9.47 Å². The highest BCUT2D eigenvalue weighted by molar-refractivity contribution is 7.09. The number of ether oxygens (including phenoxy) is 2. The van der Waals surface area contributed by atoms with E-state index in [0.717, 1.165) is 35.4 Å². The Bertz CT molecular complexity index is 752. The van der Waals surface area contributed by atoms with E-state index < -0.39 is 0 Å². The quantitative estimate of drug-likeness (QED) is 0.766. The number of hydrogen-bond acceptors (Lipinski definition) is 7. The summed E-state index contributed by atoms with van der Waals surface area (Å²) in [5.74, 6) is 1.68. The summed E-state index contributed by atoms with van der Waals surface area (Å²) >= 11 is 1.41. The minimum absolute atomic E-state index is 0.0376. The fourth-order valence-corrected chi connectivity index (χ4v) is 3.84. The van der Waals surface area contributed by atoms with E-state index in [-0.39, 0.29) is 18.6 Å². The highest BCUT2D eigenvalue weighted by Crippen LogP contribution is 2.23. The standard InChI is InChI=1S/C18H24N4O3S/c1-13-11-21(7-8-22(13)17(23)12-24-2)18-19-16(20-26-18)10-14-5-4-6-15(9-14)25-3/h4-6,9,13H,7-8,10-12H2,1-3H3. The molecule has 0 saturated carbocycles. The van der Waals surface area contributed by atoms with Crippen LogP contribution in [0.1, 0.15) is 18.3 Å². The molecule has 2 heterocycles. The molecule has 0 radical (unpaired) electrons. The first-order chi connectivity index (χ1) is 12.6. The van der Waals surface area contributed by atoms with Crippen molar-refractivity contribution < 1.29 is 14.3 Å². The number of benzene rings is 1. The SMILES string of the molecule is COCC(=O)N1CCN(c2nc(Cc3cccc(OC)c3)ns2)CC1C. The topological polar surface area (TPSA) is 67.8 Å². The molecule has 1 aliphatic rings. The molecule has 1 atom stereocenters. The third-order valence-corrected chi connectivity index (χ3v) is 5.25. The van der Waals surface area contributed by atoms with Crippen molar-refractivity contribution >= 4 is 22.6 Å². The lowest BCUT2D eigenvalue weighted by atomic mass is 10.1. The third-order valence-electron chi connectivity index (χ3n) is 4.44. The molecular formula is C18H24N4O3S. The molecule has 0 bridgehead atoms. The lowest BCUT2D eigenvalue weighted by Gasteiger charge is -2.39. The van der Waals surface area contributed by atoms with Crippen molar-refractivity contribution in [2.75, 3.05) is 45.4 Å². The summed E-state index contributed by atoms with van der Waals surface area (Å²) in [6, 6.07) is 8.07. The van der Waals surface area contributed by atoms with Gasteiger partial charge in [0.25, 0.3) is 0 Å². The molecule has 0 N–H and O–H groups in total. The molecule has 1 fully saturated rings. The zero-order chi connectivity index (χ0) is 18.5. The lowest BCUT2D eigenvalue weighted by Crippen LogP contribution is -2.54. The Hall–Kier alpha value is -2.19. The molecule has 2 aromatic rings. The Labute approximate surface area is 157 Å². The largest absolute Gasteiger partial charge is 0.497 e. The Morgan fingerprint density at radius 3 is 2.92 bits per heavy atom. The van der Waals surface area contributed by atoms with E-state index >= 15 is 0 Å². The first kappa shape index (κ1) is 18.6. The number of hydrogen-bond donors (Lipinski definition) is 0. The molecule has 0 aliphatic carbocycles. The van der Waals surface area contributed by atoms with Crippen LogP contribution >= 0.6 is 11.5 Å². The molecule has 8 heteroatoms. The zero-order valence-corrected chi connectivity index (χ0v) is 16.2. The van der Waals surface area contributed by atoms with Gasteiger partial charge in [-0.2, -0.15) is 4.37 Å². The van der Waals surface area contributed by atoms with Crippen LogP contribution in [0, 0.1) is 0 Å². The maximum atomic E-state index is 12.1. The summed E-state index contributed by atoms with van der Waals surface area (Å²) in [6.45, 7) is 4.37. The Balaban J connectivity index is 1.62. The van der Waals surface area contributed by atoms with Crippen LogP contribution in [0.25, 0.3) is 0 Å². The highest BCUT2D eigenvalue weighted by Gasteiger charge is 2.28. The average molecular weight is 376 g/mol. The molecule has 7 nitrogen and oxygen atoms in total. The van der Waals surface area contributed by atoms with E-state index in [1.807, 2.05) is 29.2 Å². The lowest BCUT2D eigenvalue weighted by molar-refractivity contribution is -0.137. The van der Waals surface area contributed by atoms with Crippen molar-refractivity contribution in [3.63, 3.8) is 0 Å². The number of carbonyl (C=O) groups excluding carboxylic acids is 1. The molecule has 26 heavy (non-hydrogen) atoms. The second kappa shape index (κ2) is 8.46. The van der Waals surface area contributed by atoms with E-state index in [1.54, 1.807) is 14.2 Å². The third kappa shape index (κ3) is 4.31. The van der Waals surface area contributed by atoms with Crippen molar-refractivity contribution in [2.45, 2.75) is 19.4 Å². The minimum Gasteiger partial charge on any atom is -0.497 e. The van der Waals surface area contributed by atoms with Gasteiger partial charge in [0.05, 0.1) is 7.11 Å². The van der Waals surface area contributed by atoms with Crippen LogP contribution in [0.15, 0.2) is 24.3 Å². The van der Waals surface area contributed by atoms with Crippen LogP contribution in [0.5, 0.6) is 5.75 Å². The number of anilines is 1. The van der Waals surface area contributed by atoms with Gasteiger partial charge in [-0.1, -0.05) is 12.1 Å². The van der Waals surface area contributed by atoms with Crippen LogP contribution < -0.4 is 9.64 Å². The molecule has 1 unspecified atom stereocenters. The van der Waals surface area contributed by atoms with E-state index in [0.29, 0.717) is 13.0 Å². The number of nitrogens with zero attached hydrogens (tertiary/aromatic N) is 4. The number of piperazine rings is 1. The van der Waals surface area contributed by atoms with Gasteiger partial charge in [0.2, 0.25) is 11.0 Å². The number of rotatable bonds is 6. The monoisotopic (exact) mass is 376 g/mol. The second-order valence-corrected chi connectivity index (χ2v) is 7.07. The van der Waals surface area contributed by atoms with Gasteiger partial charge in [0, 0.05) is 50.7 Å². The zero-order valence-electron chi connectivity index (χ0n) is 15.3. The number of amides is 1. The summed E-state index contributed by atoms with van der Waals surface area (Å²) in [4.78, 5) is 20.8. The van der Waals surface area contributed by atoms with Crippen molar-refractivity contribution in [2.24, 2.45) is 0 Å². The molecule has 1 aromatic heterocycles. The van der Waals surface area contributed by atoms with Crippen LogP contribution in [-0.4, -0.2) is 66.7 Å². The van der Waals surface area contributed by atoms with Crippen LogP contribution in [0.3, 0.4) is 0 Å². The molecule has 1 aromatic carbocycles. The summed E-state index contributed by atoms with van der Waals surface area (Å²) < 4.78 is 14.7. The van der Waals surface area contributed by atoms with E-state index in [9.17, 15) is 4.79 Å². The summed E-state index contributed by atoms with van der Waals surface area (Å²) in [5, 5.41) is 0.911. The summed E-state index contributed by atoms with van der Waals surface area (Å²) in [5.41, 5.74) is 1.12. The Morgan fingerprint density at radius 1 is 1.35 bits per heavy atom. The van der Waals surface area contributed by atoms with Gasteiger partial charge in [-0.25, -0.2) is 4.98 Å². The van der Waals surface area contributed by atoms with Gasteiger partial charge in [0.1, 0.15) is 18.2 Å². The normalized spacial score (nSPS) is 17.4. The van der Waals surface area contributed by atoms with Crippen molar-refractivity contribution in [3.8, 4) is 5.75 Å². The van der Waals surface area contributed by atoms with Gasteiger partial charge in [-0.05, 0) is 24.6 Å². The van der Waals surface area contributed by atoms with Gasteiger partial charge in [-0.3, -0.25) is 4.79 Å². The fraction of sp³-hybridized carbons (Fsp3) is 0.500. The average Bonchev–Trinajstić information content (AvgIpc) is 3.10. The number of aromatic nitrogens is 2. The van der Waals surface area contributed by atoms with Crippen LogP contribution in [-0.2, 0) is 16.0 Å². The minimum atomic E-state index is 0.0376. The van der Waals surface area contributed by atoms with Gasteiger partial charge < -0.3 is 19.3 Å². The van der Waals surface area contributed by atoms with E-state index in [2.05, 4.69) is 21.2 Å². The maximum absolute atomic E-state index is 12.1. The Morgan fingerprint density at radius 2 is 2.19 bits per heavy atom. The Kier molecular flexibility index (Phi) is 6.05. The van der Waals surface area contributed by atoms with Crippen LogP contribution in [0.4, 0.5) is 5.13 Å². The highest BCUT2D eigenvalue weighted by atomic mass is 32.1. The maximum Gasteiger partial charge on any atom is 0.248 e. The molecule has 140 valence electrons. The first-order valence-electron chi connectivity index (χ1n) is 8.59. The molecular weight excluding hydrogens is 352 g/mol. The van der Waals surface area contributed by atoms with Gasteiger partial charge >= 0.3 is 0 Å². The van der Waals surface area contributed by atoms with E-state index in [1.165, 1.54) is 11.5 Å². The molecule has 1 amide bonds. The van der Waals surface area contributed by atoms with Crippen molar-refractivity contribution in [3.05, 3.63) is 35.7 Å². The first-order valence-corrected chi connectivity index (χ1v) is 9.37. The van der Waals surface area contributed by atoms with Crippen molar-refractivity contribution in [1.29, 1.82) is 0 Å². The smallest absolute Gasteiger partial charge is 0.248 e. The second-order valence-electron chi connectivity index (χ2n) is 6.34. The molecule has 1 aliphatic heterocycles.